The van der Waals surface area contributed by atoms with E-state index in [1.807, 2.05) is 13.8 Å². The van der Waals surface area contributed by atoms with E-state index in [0.717, 1.165) is 0 Å². The van der Waals surface area contributed by atoms with Crippen LogP contribution < -0.4 is 15.4 Å². The summed E-state index contributed by atoms with van der Waals surface area (Å²) in [5, 5.41) is 4.83. The minimum Gasteiger partial charge on any atom is -0.487 e. The van der Waals surface area contributed by atoms with Crippen LogP contribution in [0.1, 0.15) is 13.8 Å². The molecule has 8 heteroatoms. The predicted octanol–water partition coefficient (Wildman–Crippen LogP) is 3.22. The molecule has 0 fully saturated rings. The molecule has 21 heavy (non-hydrogen) atoms. The van der Waals surface area contributed by atoms with E-state index in [2.05, 4.69) is 5.32 Å². The van der Waals surface area contributed by atoms with Crippen molar-refractivity contribution < 1.29 is 22.7 Å². The Bertz CT molecular complexity index is 493. The van der Waals surface area contributed by atoms with Crippen molar-refractivity contribution in [1.82, 2.24) is 5.32 Å². The Balaban J connectivity index is 2.63. The topological polar surface area (TPSA) is 50.4 Å². The van der Waals surface area contributed by atoms with Gasteiger partial charge in [0.1, 0.15) is 6.54 Å². The highest BCUT2D eigenvalue weighted by Crippen LogP contribution is 2.33. The molecule has 1 aromatic rings. The third kappa shape index (κ3) is 6.57. The van der Waals surface area contributed by atoms with Gasteiger partial charge in [-0.2, -0.15) is 13.2 Å². The average molecular weight is 325 g/mol. The lowest BCUT2D eigenvalue weighted by atomic mass is 10.3. The second kappa shape index (κ2) is 7.40. The highest BCUT2D eigenvalue weighted by Gasteiger charge is 2.27. The molecule has 0 aromatic heterocycles. The third-order valence-corrected chi connectivity index (χ3v) is 2.54. The largest absolute Gasteiger partial charge is 0.487 e. The number of alkyl halides is 3. The number of para-hydroxylation sites is 1. The molecule has 0 saturated carbocycles. The van der Waals surface area contributed by atoms with E-state index >= 15 is 0 Å². The number of hydrogen-bond acceptors (Lipinski definition) is 3. The molecular formula is C13H16ClF3N2O2. The summed E-state index contributed by atoms with van der Waals surface area (Å²) in [4.78, 5) is 11.3. The summed E-state index contributed by atoms with van der Waals surface area (Å²) in [5.41, 5.74) is 0.443. The van der Waals surface area contributed by atoms with Gasteiger partial charge in [0.05, 0.1) is 23.4 Å². The van der Waals surface area contributed by atoms with E-state index in [-0.39, 0.29) is 12.6 Å². The molecule has 0 unspecified atom stereocenters. The quantitative estimate of drug-likeness (QED) is 0.844. The fourth-order valence-corrected chi connectivity index (χ4v) is 1.66. The fraction of sp³-hybridized carbons (Fsp3) is 0.462. The average Bonchev–Trinajstić information content (AvgIpc) is 2.36. The first-order chi connectivity index (χ1) is 9.69. The van der Waals surface area contributed by atoms with Crippen LogP contribution in [0.2, 0.25) is 5.02 Å². The molecule has 0 aliphatic carbocycles. The molecule has 0 saturated heterocycles. The van der Waals surface area contributed by atoms with Gasteiger partial charge in [-0.05, 0) is 26.0 Å². The van der Waals surface area contributed by atoms with E-state index in [4.69, 9.17) is 16.3 Å². The molecule has 0 spiro atoms. The second-order valence-electron chi connectivity index (χ2n) is 4.53. The molecule has 1 aromatic carbocycles. The SMILES string of the molecule is CC(C)Oc1c(Cl)cccc1NCC(=O)NCC(F)(F)F. The maximum Gasteiger partial charge on any atom is 0.405 e. The number of benzene rings is 1. The van der Waals surface area contributed by atoms with Gasteiger partial charge in [0.15, 0.2) is 5.75 Å². The molecule has 0 radical (unpaired) electrons. The zero-order valence-corrected chi connectivity index (χ0v) is 12.3. The van der Waals surface area contributed by atoms with E-state index in [9.17, 15) is 18.0 Å². The Morgan fingerprint density at radius 1 is 1.38 bits per heavy atom. The Morgan fingerprint density at radius 2 is 2.05 bits per heavy atom. The monoisotopic (exact) mass is 324 g/mol. The van der Waals surface area contributed by atoms with Crippen molar-refractivity contribution in [2.24, 2.45) is 0 Å². The van der Waals surface area contributed by atoms with Crippen LogP contribution in [0.5, 0.6) is 5.75 Å². The molecule has 0 heterocycles. The normalized spacial score (nSPS) is 11.4. The number of ether oxygens (including phenoxy) is 1. The molecule has 0 bridgehead atoms. The van der Waals surface area contributed by atoms with Crippen molar-refractivity contribution in [3.8, 4) is 5.75 Å². The van der Waals surface area contributed by atoms with Gasteiger partial charge in [0.2, 0.25) is 5.91 Å². The van der Waals surface area contributed by atoms with Crippen LogP contribution in [-0.2, 0) is 4.79 Å². The number of carbonyl (C=O) groups is 1. The van der Waals surface area contributed by atoms with Crippen molar-refractivity contribution in [3.63, 3.8) is 0 Å². The maximum atomic E-state index is 12.0. The lowest BCUT2D eigenvalue weighted by Gasteiger charge is -2.17. The van der Waals surface area contributed by atoms with Crippen LogP contribution in [0, 0.1) is 0 Å². The minimum absolute atomic E-state index is 0.135. The lowest BCUT2D eigenvalue weighted by Crippen LogP contribution is -2.37. The first kappa shape index (κ1) is 17.4. The van der Waals surface area contributed by atoms with Crippen LogP contribution in [0.3, 0.4) is 0 Å². The van der Waals surface area contributed by atoms with Crippen molar-refractivity contribution >= 4 is 23.2 Å². The molecule has 0 atom stereocenters. The summed E-state index contributed by atoms with van der Waals surface area (Å²) >= 11 is 6.00. The Hall–Kier alpha value is -1.63. The van der Waals surface area contributed by atoms with Crippen molar-refractivity contribution in [1.29, 1.82) is 0 Å². The maximum absolute atomic E-state index is 12.0. The summed E-state index contributed by atoms with van der Waals surface area (Å²) in [7, 11) is 0. The number of hydrogen-bond donors (Lipinski definition) is 2. The Labute approximate surface area is 125 Å². The molecular weight excluding hydrogens is 309 g/mol. The van der Waals surface area contributed by atoms with E-state index < -0.39 is 18.6 Å². The van der Waals surface area contributed by atoms with Gasteiger partial charge in [-0.25, -0.2) is 0 Å². The van der Waals surface area contributed by atoms with Crippen LogP contribution in [-0.4, -0.2) is 31.3 Å². The molecule has 1 rings (SSSR count). The smallest absolute Gasteiger partial charge is 0.405 e. The minimum atomic E-state index is -4.43. The van der Waals surface area contributed by atoms with Gasteiger partial charge in [0.25, 0.3) is 0 Å². The molecule has 4 nitrogen and oxygen atoms in total. The zero-order chi connectivity index (χ0) is 16.0. The van der Waals surface area contributed by atoms with E-state index in [1.165, 1.54) is 0 Å². The van der Waals surface area contributed by atoms with Crippen LogP contribution >= 0.6 is 11.6 Å². The van der Waals surface area contributed by atoms with Crippen molar-refractivity contribution in [3.05, 3.63) is 23.2 Å². The van der Waals surface area contributed by atoms with Crippen LogP contribution in [0.15, 0.2) is 18.2 Å². The van der Waals surface area contributed by atoms with Crippen molar-refractivity contribution in [2.45, 2.75) is 26.1 Å². The Morgan fingerprint density at radius 3 is 2.62 bits per heavy atom. The highest BCUT2D eigenvalue weighted by molar-refractivity contribution is 6.32. The standard InChI is InChI=1S/C13H16ClF3N2O2/c1-8(2)21-12-9(14)4-3-5-10(12)18-6-11(20)19-7-13(15,16)17/h3-5,8,18H,6-7H2,1-2H3,(H,19,20). The van der Waals surface area contributed by atoms with Gasteiger partial charge in [-0.1, -0.05) is 17.7 Å². The number of carbonyl (C=O) groups excluding carboxylic acids is 1. The lowest BCUT2D eigenvalue weighted by molar-refractivity contribution is -0.137. The van der Waals surface area contributed by atoms with Crippen LogP contribution in [0.25, 0.3) is 0 Å². The molecule has 1 amide bonds. The number of anilines is 1. The third-order valence-electron chi connectivity index (χ3n) is 2.25. The van der Waals surface area contributed by atoms with E-state index in [0.29, 0.717) is 16.5 Å². The predicted molar refractivity (Wildman–Crippen MR) is 74.8 cm³/mol. The molecule has 0 aliphatic heterocycles. The molecule has 2 N–H and O–H groups in total. The fourth-order valence-electron chi connectivity index (χ4n) is 1.44. The van der Waals surface area contributed by atoms with Gasteiger partial charge in [-0.15, -0.1) is 0 Å². The number of nitrogens with one attached hydrogen (secondary N) is 2. The summed E-state index contributed by atoms with van der Waals surface area (Å²) < 4.78 is 41.4. The Kier molecular flexibility index (Phi) is 6.14. The van der Waals surface area contributed by atoms with Crippen LogP contribution in [0.4, 0.5) is 18.9 Å². The zero-order valence-electron chi connectivity index (χ0n) is 11.6. The molecule has 0 aliphatic rings. The number of halogens is 4. The van der Waals surface area contributed by atoms with Gasteiger partial charge in [-0.3, -0.25) is 4.79 Å². The summed E-state index contributed by atoms with van der Waals surface area (Å²) in [5.74, 6) is -0.416. The van der Waals surface area contributed by atoms with Crippen molar-refractivity contribution in [2.75, 3.05) is 18.4 Å². The summed E-state index contributed by atoms with van der Waals surface area (Å²) in [6.45, 7) is 1.94. The summed E-state index contributed by atoms with van der Waals surface area (Å²) in [6, 6.07) is 4.89. The number of amides is 1. The number of rotatable bonds is 6. The second-order valence-corrected chi connectivity index (χ2v) is 4.94. The van der Waals surface area contributed by atoms with Gasteiger partial charge < -0.3 is 15.4 Å². The first-order valence-corrected chi connectivity index (χ1v) is 6.59. The highest BCUT2D eigenvalue weighted by atomic mass is 35.5. The van der Waals surface area contributed by atoms with Gasteiger partial charge >= 0.3 is 6.18 Å². The first-order valence-electron chi connectivity index (χ1n) is 6.21. The van der Waals surface area contributed by atoms with Gasteiger partial charge in [0, 0.05) is 0 Å². The van der Waals surface area contributed by atoms with E-state index in [1.54, 1.807) is 23.5 Å². The summed E-state index contributed by atoms with van der Waals surface area (Å²) in [6.07, 6.45) is -4.57. The molecule has 118 valence electrons.